The summed E-state index contributed by atoms with van der Waals surface area (Å²) in [4.78, 5) is 0. The molecule has 100 valence electrons. The van der Waals surface area contributed by atoms with Crippen molar-refractivity contribution in [3.63, 3.8) is 0 Å². The van der Waals surface area contributed by atoms with Crippen molar-refractivity contribution < 1.29 is 4.74 Å². The maximum atomic E-state index is 6.03. The first kappa shape index (κ1) is 13.9. The molecule has 19 heavy (non-hydrogen) atoms. The van der Waals surface area contributed by atoms with E-state index in [-0.39, 0.29) is 6.10 Å². The predicted octanol–water partition coefficient (Wildman–Crippen LogP) is 4.04. The molecule has 0 bridgehead atoms. The van der Waals surface area contributed by atoms with Crippen molar-refractivity contribution in [2.45, 2.75) is 20.0 Å². The zero-order valence-corrected chi connectivity index (χ0v) is 11.9. The largest absolute Gasteiger partial charge is 0.484 e. The van der Waals surface area contributed by atoms with Gasteiger partial charge >= 0.3 is 0 Å². The van der Waals surface area contributed by atoms with E-state index in [9.17, 15) is 0 Å². The average Bonchev–Trinajstić information content (AvgIpc) is 2.39. The molecule has 2 aromatic carbocycles. The summed E-state index contributed by atoms with van der Waals surface area (Å²) < 4.78 is 6.03. The van der Waals surface area contributed by atoms with Crippen molar-refractivity contribution >= 4 is 11.6 Å². The molecule has 0 aliphatic rings. The number of aryl methyl sites for hydroxylation is 2. The van der Waals surface area contributed by atoms with Gasteiger partial charge in [0.15, 0.2) is 0 Å². The highest BCUT2D eigenvalue weighted by atomic mass is 35.5. The molecular formula is C16H18ClNO. The molecule has 0 saturated heterocycles. The normalized spacial score (nSPS) is 12.2. The van der Waals surface area contributed by atoms with E-state index in [4.69, 9.17) is 22.1 Å². The highest BCUT2D eigenvalue weighted by molar-refractivity contribution is 6.30. The van der Waals surface area contributed by atoms with Gasteiger partial charge in [-0.1, -0.05) is 35.9 Å². The van der Waals surface area contributed by atoms with Crippen LogP contribution in [0.4, 0.5) is 0 Å². The third-order valence-corrected chi connectivity index (χ3v) is 3.28. The minimum atomic E-state index is -0.181. The van der Waals surface area contributed by atoms with Gasteiger partial charge < -0.3 is 10.5 Å². The molecule has 2 aromatic rings. The summed E-state index contributed by atoms with van der Waals surface area (Å²) in [7, 11) is 0. The van der Waals surface area contributed by atoms with Gasteiger partial charge in [0, 0.05) is 11.6 Å². The molecule has 2 nitrogen and oxygen atoms in total. The first-order valence-electron chi connectivity index (χ1n) is 6.29. The van der Waals surface area contributed by atoms with Crippen molar-refractivity contribution in [1.29, 1.82) is 0 Å². The molecule has 2 rings (SSSR count). The van der Waals surface area contributed by atoms with Crippen LogP contribution in [0.3, 0.4) is 0 Å². The van der Waals surface area contributed by atoms with Gasteiger partial charge in [-0.15, -0.1) is 0 Å². The van der Waals surface area contributed by atoms with Gasteiger partial charge in [0.1, 0.15) is 11.9 Å². The Hall–Kier alpha value is -1.51. The molecule has 0 radical (unpaired) electrons. The predicted molar refractivity (Wildman–Crippen MR) is 79.8 cm³/mol. The number of nitrogens with two attached hydrogens (primary N) is 1. The van der Waals surface area contributed by atoms with E-state index >= 15 is 0 Å². The third kappa shape index (κ3) is 3.49. The zero-order valence-electron chi connectivity index (χ0n) is 11.2. The van der Waals surface area contributed by atoms with Crippen LogP contribution >= 0.6 is 11.6 Å². The van der Waals surface area contributed by atoms with Gasteiger partial charge in [-0.25, -0.2) is 0 Å². The van der Waals surface area contributed by atoms with E-state index in [0.29, 0.717) is 11.6 Å². The fourth-order valence-corrected chi connectivity index (χ4v) is 2.15. The molecule has 0 aromatic heterocycles. The Kier molecular flexibility index (Phi) is 4.46. The minimum Gasteiger partial charge on any atom is -0.484 e. The van der Waals surface area contributed by atoms with Gasteiger partial charge in [-0.05, 0) is 48.7 Å². The zero-order chi connectivity index (χ0) is 13.8. The Bertz CT molecular complexity index is 568. The Balaban J connectivity index is 2.26. The molecule has 0 spiro atoms. The molecular weight excluding hydrogens is 258 g/mol. The molecule has 0 heterocycles. The van der Waals surface area contributed by atoms with Gasteiger partial charge in [-0.2, -0.15) is 0 Å². The Morgan fingerprint density at radius 3 is 2.63 bits per heavy atom. The number of rotatable bonds is 4. The molecule has 3 heteroatoms. The lowest BCUT2D eigenvalue weighted by molar-refractivity contribution is 0.212. The molecule has 0 amide bonds. The Morgan fingerprint density at radius 1 is 1.16 bits per heavy atom. The highest BCUT2D eigenvalue weighted by Crippen LogP contribution is 2.26. The van der Waals surface area contributed by atoms with Crippen molar-refractivity contribution in [3.05, 3.63) is 64.2 Å². The number of hydrogen-bond donors (Lipinski definition) is 1. The van der Waals surface area contributed by atoms with Crippen LogP contribution in [0.5, 0.6) is 5.75 Å². The lowest BCUT2D eigenvalue weighted by Crippen LogP contribution is -2.18. The van der Waals surface area contributed by atoms with Crippen LogP contribution in [-0.4, -0.2) is 6.54 Å². The average molecular weight is 276 g/mol. The summed E-state index contributed by atoms with van der Waals surface area (Å²) in [5, 5.41) is 0.695. The molecule has 1 atom stereocenters. The number of benzene rings is 2. The highest BCUT2D eigenvalue weighted by Gasteiger charge is 2.13. The summed E-state index contributed by atoms with van der Waals surface area (Å²) in [6, 6.07) is 13.8. The van der Waals surface area contributed by atoms with E-state index in [1.54, 1.807) is 0 Å². The molecule has 0 aliphatic carbocycles. The lowest BCUT2D eigenvalue weighted by atomic mass is 10.1. The molecule has 2 N–H and O–H groups in total. The van der Waals surface area contributed by atoms with Gasteiger partial charge in [0.05, 0.1) is 0 Å². The minimum absolute atomic E-state index is 0.181. The van der Waals surface area contributed by atoms with E-state index in [1.807, 2.05) is 44.2 Å². The smallest absolute Gasteiger partial charge is 0.136 e. The van der Waals surface area contributed by atoms with E-state index in [2.05, 4.69) is 12.1 Å². The molecule has 1 unspecified atom stereocenters. The molecule has 0 aliphatic heterocycles. The van der Waals surface area contributed by atoms with E-state index in [1.165, 1.54) is 5.56 Å². The van der Waals surface area contributed by atoms with Gasteiger partial charge in [0.2, 0.25) is 0 Å². The summed E-state index contributed by atoms with van der Waals surface area (Å²) in [5.41, 5.74) is 9.09. The Morgan fingerprint density at radius 2 is 1.95 bits per heavy atom. The monoisotopic (exact) mass is 275 g/mol. The summed E-state index contributed by atoms with van der Waals surface area (Å²) >= 11 is 6.01. The summed E-state index contributed by atoms with van der Waals surface area (Å²) in [6.45, 7) is 4.48. The van der Waals surface area contributed by atoms with Gasteiger partial charge in [0.25, 0.3) is 0 Å². The number of halogens is 1. The van der Waals surface area contributed by atoms with Gasteiger partial charge in [-0.3, -0.25) is 0 Å². The van der Waals surface area contributed by atoms with Crippen LogP contribution in [0.2, 0.25) is 5.02 Å². The van der Waals surface area contributed by atoms with Crippen LogP contribution < -0.4 is 10.5 Å². The number of ether oxygens (including phenoxy) is 1. The maximum absolute atomic E-state index is 6.03. The third-order valence-electron chi connectivity index (χ3n) is 3.05. The van der Waals surface area contributed by atoms with E-state index in [0.717, 1.165) is 16.9 Å². The van der Waals surface area contributed by atoms with Crippen LogP contribution in [0, 0.1) is 13.8 Å². The SMILES string of the molecule is Cc1ccc(C)c(OC(CN)c2cccc(Cl)c2)c1. The van der Waals surface area contributed by atoms with Crippen LogP contribution in [0.15, 0.2) is 42.5 Å². The fraction of sp³-hybridized carbons (Fsp3) is 0.250. The van der Waals surface area contributed by atoms with Crippen LogP contribution in [-0.2, 0) is 0 Å². The van der Waals surface area contributed by atoms with Crippen molar-refractivity contribution in [1.82, 2.24) is 0 Å². The van der Waals surface area contributed by atoms with Crippen LogP contribution in [0.25, 0.3) is 0 Å². The standard InChI is InChI=1S/C16H18ClNO/c1-11-6-7-12(2)15(8-11)19-16(10-18)13-4-3-5-14(17)9-13/h3-9,16H,10,18H2,1-2H3. The lowest BCUT2D eigenvalue weighted by Gasteiger charge is -2.19. The second kappa shape index (κ2) is 6.09. The second-order valence-corrected chi connectivity index (χ2v) is 5.10. The summed E-state index contributed by atoms with van der Waals surface area (Å²) in [6.07, 6.45) is -0.181. The first-order valence-corrected chi connectivity index (χ1v) is 6.67. The topological polar surface area (TPSA) is 35.2 Å². The van der Waals surface area contributed by atoms with Crippen LogP contribution in [0.1, 0.15) is 22.8 Å². The first-order chi connectivity index (χ1) is 9.10. The number of hydrogen-bond acceptors (Lipinski definition) is 2. The molecule has 0 saturated carbocycles. The quantitative estimate of drug-likeness (QED) is 0.914. The van der Waals surface area contributed by atoms with Crippen molar-refractivity contribution in [2.75, 3.05) is 6.54 Å². The fourth-order valence-electron chi connectivity index (χ4n) is 1.95. The summed E-state index contributed by atoms with van der Waals surface area (Å²) in [5.74, 6) is 0.871. The second-order valence-electron chi connectivity index (χ2n) is 4.67. The van der Waals surface area contributed by atoms with Crippen molar-refractivity contribution in [3.8, 4) is 5.75 Å². The van der Waals surface area contributed by atoms with Crippen molar-refractivity contribution in [2.24, 2.45) is 5.73 Å². The van der Waals surface area contributed by atoms with E-state index < -0.39 is 0 Å². The maximum Gasteiger partial charge on any atom is 0.136 e. The Labute approximate surface area is 119 Å². The molecule has 0 fully saturated rings.